The molecule has 1 aromatic carbocycles. The number of rotatable bonds is 2. The summed E-state index contributed by atoms with van der Waals surface area (Å²) in [5.74, 6) is -0.323. The monoisotopic (exact) mass is 267 g/mol. The molecule has 3 nitrogen and oxygen atoms in total. The summed E-state index contributed by atoms with van der Waals surface area (Å²) in [6.45, 7) is 8.66. The van der Waals surface area contributed by atoms with Gasteiger partial charge in [-0.1, -0.05) is 32.4 Å². The van der Waals surface area contributed by atoms with Crippen LogP contribution in [0.3, 0.4) is 0 Å². The second-order valence-electron chi connectivity index (χ2n) is 5.94. The molecule has 0 amide bonds. The van der Waals surface area contributed by atoms with Crippen LogP contribution in [-0.2, 0) is 0 Å². The molecule has 0 unspecified atom stereocenters. The lowest BCUT2D eigenvalue weighted by atomic mass is 9.76. The van der Waals surface area contributed by atoms with Crippen molar-refractivity contribution < 1.29 is 9.90 Å². The number of hydrogen-bond donors (Lipinski definition) is 1. The van der Waals surface area contributed by atoms with Crippen LogP contribution in [0.5, 0.6) is 0 Å². The molecular formula is C14H18ClNO2. The smallest absolute Gasteiger partial charge is 0.337 e. The molecular weight excluding hydrogens is 250 g/mol. The van der Waals surface area contributed by atoms with Crippen molar-refractivity contribution in [1.29, 1.82) is 0 Å². The molecule has 0 radical (unpaired) electrons. The SMILES string of the molecule is CC(C)(C)C1CN(c2ccc(Cl)c(C(=O)O)c2)C1. The van der Waals surface area contributed by atoms with Gasteiger partial charge in [0.15, 0.2) is 0 Å². The summed E-state index contributed by atoms with van der Waals surface area (Å²) in [4.78, 5) is 13.2. The molecule has 2 rings (SSSR count). The van der Waals surface area contributed by atoms with Gasteiger partial charge >= 0.3 is 5.97 Å². The lowest BCUT2D eigenvalue weighted by Gasteiger charge is -2.47. The van der Waals surface area contributed by atoms with Crippen LogP contribution >= 0.6 is 11.6 Å². The van der Waals surface area contributed by atoms with E-state index in [2.05, 4.69) is 25.7 Å². The molecule has 1 aliphatic rings. The number of aromatic carboxylic acids is 1. The summed E-state index contributed by atoms with van der Waals surface area (Å²) < 4.78 is 0. The number of carboxylic acids is 1. The molecule has 0 bridgehead atoms. The minimum absolute atomic E-state index is 0.174. The van der Waals surface area contributed by atoms with Crippen molar-refractivity contribution in [2.75, 3.05) is 18.0 Å². The van der Waals surface area contributed by atoms with Crippen molar-refractivity contribution in [2.24, 2.45) is 11.3 Å². The Morgan fingerprint density at radius 2 is 2.00 bits per heavy atom. The largest absolute Gasteiger partial charge is 0.478 e. The molecule has 98 valence electrons. The first-order chi connectivity index (χ1) is 8.29. The van der Waals surface area contributed by atoms with Crippen molar-refractivity contribution in [3.05, 3.63) is 28.8 Å². The van der Waals surface area contributed by atoms with Crippen LogP contribution in [0, 0.1) is 11.3 Å². The van der Waals surface area contributed by atoms with E-state index in [-0.39, 0.29) is 5.56 Å². The minimum Gasteiger partial charge on any atom is -0.478 e. The van der Waals surface area contributed by atoms with E-state index in [4.69, 9.17) is 16.7 Å². The van der Waals surface area contributed by atoms with Gasteiger partial charge in [-0.3, -0.25) is 0 Å². The van der Waals surface area contributed by atoms with Crippen molar-refractivity contribution in [1.82, 2.24) is 0 Å². The summed E-state index contributed by atoms with van der Waals surface area (Å²) in [6, 6.07) is 5.20. The first-order valence-corrected chi connectivity index (χ1v) is 6.44. The van der Waals surface area contributed by atoms with Crippen molar-refractivity contribution in [3.8, 4) is 0 Å². The fourth-order valence-corrected chi connectivity index (χ4v) is 2.31. The Morgan fingerprint density at radius 1 is 1.39 bits per heavy atom. The third-order valence-electron chi connectivity index (χ3n) is 3.65. The van der Waals surface area contributed by atoms with Gasteiger partial charge in [0, 0.05) is 18.8 Å². The van der Waals surface area contributed by atoms with Crippen LogP contribution in [0.2, 0.25) is 5.02 Å². The average Bonchev–Trinajstić information content (AvgIpc) is 2.15. The van der Waals surface area contributed by atoms with E-state index in [0.717, 1.165) is 18.8 Å². The number of nitrogens with zero attached hydrogens (tertiary/aromatic N) is 1. The third-order valence-corrected chi connectivity index (χ3v) is 3.98. The zero-order chi connectivity index (χ0) is 13.5. The first-order valence-electron chi connectivity index (χ1n) is 6.07. The lowest BCUT2D eigenvalue weighted by Crippen LogP contribution is -2.52. The average molecular weight is 268 g/mol. The summed E-state index contributed by atoms with van der Waals surface area (Å²) in [6.07, 6.45) is 0. The standard InChI is InChI=1S/C14H18ClNO2/c1-14(2,3)9-7-16(8-9)10-4-5-12(15)11(6-10)13(17)18/h4-6,9H,7-8H2,1-3H3,(H,17,18). The summed E-state index contributed by atoms with van der Waals surface area (Å²) in [7, 11) is 0. The van der Waals surface area contributed by atoms with Gasteiger partial charge in [0.05, 0.1) is 10.6 Å². The van der Waals surface area contributed by atoms with Crippen LogP contribution < -0.4 is 4.90 Å². The Morgan fingerprint density at radius 3 is 2.50 bits per heavy atom. The number of halogens is 1. The summed E-state index contributed by atoms with van der Waals surface area (Å²) in [5.41, 5.74) is 1.42. The van der Waals surface area contributed by atoms with Gasteiger partial charge in [-0.25, -0.2) is 4.79 Å². The zero-order valence-corrected chi connectivity index (χ0v) is 11.7. The lowest BCUT2D eigenvalue weighted by molar-refractivity contribution is 0.0697. The van der Waals surface area contributed by atoms with Gasteiger partial charge in [-0.05, 0) is 29.5 Å². The van der Waals surface area contributed by atoms with Gasteiger partial charge in [-0.2, -0.15) is 0 Å². The maximum Gasteiger partial charge on any atom is 0.337 e. The molecule has 0 saturated carbocycles. The minimum atomic E-state index is -0.977. The van der Waals surface area contributed by atoms with E-state index in [1.165, 1.54) is 0 Å². The van der Waals surface area contributed by atoms with E-state index in [9.17, 15) is 4.79 Å². The molecule has 1 aromatic rings. The molecule has 1 aliphatic heterocycles. The van der Waals surface area contributed by atoms with Gasteiger partial charge < -0.3 is 10.0 Å². The van der Waals surface area contributed by atoms with Crippen molar-refractivity contribution in [2.45, 2.75) is 20.8 Å². The van der Waals surface area contributed by atoms with E-state index in [1.54, 1.807) is 12.1 Å². The number of carbonyl (C=O) groups is 1. The number of hydrogen-bond acceptors (Lipinski definition) is 2. The highest BCUT2D eigenvalue weighted by atomic mass is 35.5. The van der Waals surface area contributed by atoms with E-state index >= 15 is 0 Å². The van der Waals surface area contributed by atoms with Crippen molar-refractivity contribution in [3.63, 3.8) is 0 Å². The first kappa shape index (κ1) is 13.2. The maximum absolute atomic E-state index is 11.0. The number of anilines is 1. The van der Waals surface area contributed by atoms with E-state index < -0.39 is 5.97 Å². The Kier molecular flexibility index (Phi) is 3.28. The molecule has 1 heterocycles. The molecule has 1 fully saturated rings. The summed E-state index contributed by atoms with van der Waals surface area (Å²) >= 11 is 5.86. The predicted octanol–water partition coefficient (Wildman–Crippen LogP) is 3.52. The fraction of sp³-hybridized carbons (Fsp3) is 0.500. The topological polar surface area (TPSA) is 40.5 Å². The zero-order valence-electron chi connectivity index (χ0n) is 10.9. The second kappa shape index (κ2) is 4.47. The Balaban J connectivity index is 2.13. The van der Waals surface area contributed by atoms with E-state index in [0.29, 0.717) is 16.4 Å². The van der Waals surface area contributed by atoms with Crippen LogP contribution in [0.15, 0.2) is 18.2 Å². The molecule has 4 heteroatoms. The van der Waals surface area contributed by atoms with Crippen LogP contribution in [0.25, 0.3) is 0 Å². The normalized spacial score (nSPS) is 16.6. The van der Waals surface area contributed by atoms with Gasteiger partial charge in [0.2, 0.25) is 0 Å². The van der Waals surface area contributed by atoms with Gasteiger partial charge in [-0.15, -0.1) is 0 Å². The Hall–Kier alpha value is -1.22. The molecule has 0 atom stereocenters. The molecule has 0 aliphatic carbocycles. The Bertz CT molecular complexity index is 473. The highest BCUT2D eigenvalue weighted by Crippen LogP contribution is 2.37. The van der Waals surface area contributed by atoms with E-state index in [1.807, 2.05) is 6.07 Å². The molecule has 0 spiro atoms. The summed E-state index contributed by atoms with van der Waals surface area (Å²) in [5, 5.41) is 9.33. The van der Waals surface area contributed by atoms with Gasteiger partial charge in [0.25, 0.3) is 0 Å². The van der Waals surface area contributed by atoms with Gasteiger partial charge in [0.1, 0.15) is 0 Å². The molecule has 1 saturated heterocycles. The number of carboxylic acid groups (broad SMARTS) is 1. The molecule has 18 heavy (non-hydrogen) atoms. The third kappa shape index (κ3) is 2.46. The van der Waals surface area contributed by atoms with Crippen molar-refractivity contribution >= 4 is 23.3 Å². The van der Waals surface area contributed by atoms with Crippen LogP contribution in [-0.4, -0.2) is 24.2 Å². The predicted molar refractivity (Wildman–Crippen MR) is 73.6 cm³/mol. The van der Waals surface area contributed by atoms with Crippen LogP contribution in [0.4, 0.5) is 5.69 Å². The Labute approximate surface area is 112 Å². The van der Waals surface area contributed by atoms with Crippen LogP contribution in [0.1, 0.15) is 31.1 Å². The fourth-order valence-electron chi connectivity index (χ4n) is 2.11. The highest BCUT2D eigenvalue weighted by molar-refractivity contribution is 6.33. The maximum atomic E-state index is 11.0. The quantitative estimate of drug-likeness (QED) is 0.891. The second-order valence-corrected chi connectivity index (χ2v) is 6.34. The highest BCUT2D eigenvalue weighted by Gasteiger charge is 2.35. The molecule has 1 N–H and O–H groups in total. The number of benzene rings is 1. The molecule has 0 aromatic heterocycles.